The SMILES string of the molecule is C=C1CC[C@@H]2O[C@@]2(C)CC[C@H](/C(=C\CC(O)C(C)(C)O)COC(C)=O)[C@H]1C(=O)OC. The number of rotatable bonds is 7. The summed E-state index contributed by atoms with van der Waals surface area (Å²) in [6, 6.07) is 0. The number of esters is 2. The van der Waals surface area contributed by atoms with Crippen molar-refractivity contribution in [3.63, 3.8) is 0 Å². The van der Waals surface area contributed by atoms with E-state index in [2.05, 4.69) is 13.5 Å². The van der Waals surface area contributed by atoms with Gasteiger partial charge in [-0.25, -0.2) is 0 Å². The average Bonchev–Trinajstić information content (AvgIpc) is 3.30. The minimum Gasteiger partial charge on any atom is -0.469 e. The lowest BCUT2D eigenvalue weighted by atomic mass is 9.77. The highest BCUT2D eigenvalue weighted by atomic mass is 16.6. The third kappa shape index (κ3) is 6.15. The minimum absolute atomic E-state index is 0.000349. The second kappa shape index (κ2) is 9.62. The zero-order valence-electron chi connectivity index (χ0n) is 18.8. The van der Waals surface area contributed by atoms with Gasteiger partial charge in [-0.1, -0.05) is 18.2 Å². The van der Waals surface area contributed by atoms with Crippen molar-refractivity contribution in [3.8, 4) is 0 Å². The molecular weight excluding hydrogens is 388 g/mol. The molecule has 1 heterocycles. The van der Waals surface area contributed by atoms with Gasteiger partial charge in [0, 0.05) is 12.8 Å². The summed E-state index contributed by atoms with van der Waals surface area (Å²) in [5, 5.41) is 20.4. The Kier molecular flexibility index (Phi) is 7.88. The summed E-state index contributed by atoms with van der Waals surface area (Å²) in [5.74, 6) is -1.68. The van der Waals surface area contributed by atoms with Crippen molar-refractivity contribution >= 4 is 11.9 Å². The highest BCUT2D eigenvalue weighted by Gasteiger charge is 2.53. The van der Waals surface area contributed by atoms with E-state index >= 15 is 0 Å². The first-order valence-electron chi connectivity index (χ1n) is 10.5. The van der Waals surface area contributed by atoms with Crippen LogP contribution in [0, 0.1) is 11.8 Å². The van der Waals surface area contributed by atoms with E-state index in [1.807, 2.05) is 0 Å². The van der Waals surface area contributed by atoms with E-state index in [-0.39, 0.29) is 36.6 Å². The maximum atomic E-state index is 12.7. The van der Waals surface area contributed by atoms with Crippen molar-refractivity contribution in [1.29, 1.82) is 0 Å². The summed E-state index contributed by atoms with van der Waals surface area (Å²) >= 11 is 0. The first kappa shape index (κ1) is 24.6. The first-order chi connectivity index (χ1) is 13.9. The van der Waals surface area contributed by atoms with E-state index in [1.165, 1.54) is 27.9 Å². The van der Waals surface area contributed by atoms with Crippen molar-refractivity contribution in [2.75, 3.05) is 13.7 Å². The number of hydrogen-bond acceptors (Lipinski definition) is 7. The number of carbonyl (C=O) groups excluding carboxylic acids is 2. The molecule has 7 nitrogen and oxygen atoms in total. The van der Waals surface area contributed by atoms with E-state index in [0.717, 1.165) is 18.4 Å². The minimum atomic E-state index is -1.28. The molecule has 0 bridgehead atoms. The monoisotopic (exact) mass is 424 g/mol. The fraction of sp³-hybridized carbons (Fsp3) is 0.739. The van der Waals surface area contributed by atoms with Gasteiger partial charge in [0.2, 0.25) is 0 Å². The van der Waals surface area contributed by atoms with Crippen molar-refractivity contribution in [2.24, 2.45) is 11.8 Å². The molecule has 0 amide bonds. The Morgan fingerprint density at radius 2 is 2.07 bits per heavy atom. The topological polar surface area (TPSA) is 106 Å². The molecule has 7 heteroatoms. The third-order valence-corrected chi connectivity index (χ3v) is 6.35. The Bertz CT molecular complexity index is 690. The van der Waals surface area contributed by atoms with Crippen LogP contribution in [0.5, 0.6) is 0 Å². The number of carbonyl (C=O) groups is 2. The second-order valence-electron chi connectivity index (χ2n) is 9.23. The highest BCUT2D eigenvalue weighted by molar-refractivity contribution is 5.76. The summed E-state index contributed by atoms with van der Waals surface area (Å²) < 4.78 is 16.2. The van der Waals surface area contributed by atoms with Crippen LogP contribution in [0.2, 0.25) is 0 Å². The molecule has 1 saturated carbocycles. The molecule has 5 atom stereocenters. The van der Waals surface area contributed by atoms with Gasteiger partial charge >= 0.3 is 11.9 Å². The predicted octanol–water partition coefficient (Wildman–Crippen LogP) is 2.69. The Balaban J connectivity index is 2.39. The average molecular weight is 425 g/mol. The Morgan fingerprint density at radius 3 is 2.63 bits per heavy atom. The number of ether oxygens (including phenoxy) is 3. The van der Waals surface area contributed by atoms with Gasteiger partial charge in [-0.15, -0.1) is 0 Å². The fourth-order valence-corrected chi connectivity index (χ4v) is 4.15. The quantitative estimate of drug-likeness (QED) is 0.368. The molecule has 0 aromatic heterocycles. The van der Waals surface area contributed by atoms with E-state index in [0.29, 0.717) is 18.4 Å². The number of aliphatic hydroxyl groups is 2. The summed E-state index contributed by atoms with van der Waals surface area (Å²) in [6.07, 6.45) is 3.89. The van der Waals surface area contributed by atoms with Crippen LogP contribution in [-0.2, 0) is 23.8 Å². The molecule has 2 N–H and O–H groups in total. The van der Waals surface area contributed by atoms with Crippen LogP contribution in [0.15, 0.2) is 23.8 Å². The smallest absolute Gasteiger partial charge is 0.313 e. The lowest BCUT2D eigenvalue weighted by Gasteiger charge is -2.30. The molecule has 30 heavy (non-hydrogen) atoms. The zero-order chi connectivity index (χ0) is 22.7. The van der Waals surface area contributed by atoms with Crippen molar-refractivity contribution in [2.45, 2.75) is 83.2 Å². The molecule has 1 aliphatic heterocycles. The Morgan fingerprint density at radius 1 is 1.40 bits per heavy atom. The van der Waals surface area contributed by atoms with Gasteiger partial charge in [-0.2, -0.15) is 0 Å². The normalized spacial score (nSPS) is 31.0. The number of fused-ring (bicyclic) bond motifs is 1. The van der Waals surface area contributed by atoms with Gasteiger partial charge in [0.05, 0.1) is 36.4 Å². The van der Waals surface area contributed by atoms with Crippen LogP contribution in [0.25, 0.3) is 0 Å². The summed E-state index contributed by atoms with van der Waals surface area (Å²) in [7, 11) is 1.36. The number of methoxy groups -OCH3 is 1. The van der Waals surface area contributed by atoms with E-state index in [4.69, 9.17) is 14.2 Å². The van der Waals surface area contributed by atoms with E-state index in [9.17, 15) is 19.8 Å². The Labute approximate surface area is 179 Å². The first-order valence-corrected chi connectivity index (χ1v) is 10.5. The van der Waals surface area contributed by atoms with Crippen LogP contribution >= 0.6 is 0 Å². The number of hydrogen-bond donors (Lipinski definition) is 2. The van der Waals surface area contributed by atoms with Crippen LogP contribution in [-0.4, -0.2) is 59.3 Å². The molecule has 1 saturated heterocycles. The van der Waals surface area contributed by atoms with Gasteiger partial charge in [0.1, 0.15) is 6.61 Å². The molecule has 1 aliphatic carbocycles. The zero-order valence-corrected chi connectivity index (χ0v) is 18.8. The molecule has 0 aromatic carbocycles. The second-order valence-corrected chi connectivity index (χ2v) is 9.23. The molecule has 0 spiro atoms. The molecule has 1 unspecified atom stereocenters. The lowest BCUT2D eigenvalue weighted by molar-refractivity contribution is -0.145. The Hall–Kier alpha value is -1.70. The van der Waals surface area contributed by atoms with Gasteiger partial charge in [-0.3, -0.25) is 9.59 Å². The van der Waals surface area contributed by atoms with Gasteiger partial charge in [-0.05, 0) is 58.4 Å². The maximum Gasteiger partial charge on any atom is 0.313 e. The molecular formula is C23H36O7. The van der Waals surface area contributed by atoms with Crippen LogP contribution < -0.4 is 0 Å². The van der Waals surface area contributed by atoms with Gasteiger partial charge in [0.25, 0.3) is 0 Å². The summed E-state index contributed by atoms with van der Waals surface area (Å²) in [5.41, 5.74) is -0.0194. The number of epoxide rings is 1. The molecule has 2 rings (SSSR count). The summed E-state index contributed by atoms with van der Waals surface area (Å²) in [4.78, 5) is 24.2. The predicted molar refractivity (Wildman–Crippen MR) is 112 cm³/mol. The van der Waals surface area contributed by atoms with E-state index < -0.39 is 23.6 Å². The van der Waals surface area contributed by atoms with Crippen molar-refractivity contribution < 1.29 is 34.0 Å². The largest absolute Gasteiger partial charge is 0.469 e. The van der Waals surface area contributed by atoms with Crippen molar-refractivity contribution in [1.82, 2.24) is 0 Å². The molecule has 2 aliphatic rings. The maximum absolute atomic E-state index is 12.7. The van der Waals surface area contributed by atoms with Crippen molar-refractivity contribution in [3.05, 3.63) is 23.8 Å². The van der Waals surface area contributed by atoms with Gasteiger partial charge < -0.3 is 24.4 Å². The van der Waals surface area contributed by atoms with Crippen LogP contribution in [0.1, 0.15) is 59.8 Å². The van der Waals surface area contributed by atoms with Crippen LogP contribution in [0.3, 0.4) is 0 Å². The molecule has 0 aromatic rings. The molecule has 170 valence electrons. The highest BCUT2D eigenvalue weighted by Crippen LogP contribution is 2.48. The third-order valence-electron chi connectivity index (χ3n) is 6.35. The van der Waals surface area contributed by atoms with E-state index in [1.54, 1.807) is 6.08 Å². The van der Waals surface area contributed by atoms with Crippen LogP contribution in [0.4, 0.5) is 0 Å². The standard InChI is InChI=1S/C23H36O7/c1-14-7-10-19-23(5,30-19)12-11-17(20(14)21(26)28-6)16(13-29-15(2)24)8-9-18(25)22(3,4)27/h8,17-20,25,27H,1,7,9-13H2,2-6H3/b16-8-/t17-,18?,19+,20+,23+/m1/s1. The number of aliphatic hydroxyl groups excluding tert-OH is 1. The van der Waals surface area contributed by atoms with Gasteiger partial charge in [0.15, 0.2) is 0 Å². The molecule has 0 radical (unpaired) electrons. The lowest BCUT2D eigenvalue weighted by Crippen LogP contribution is -2.35. The fourth-order valence-electron chi connectivity index (χ4n) is 4.15. The molecule has 2 fully saturated rings. The summed E-state index contributed by atoms with van der Waals surface area (Å²) in [6.45, 7) is 10.6.